The summed E-state index contributed by atoms with van der Waals surface area (Å²) in [5.74, 6) is 2.24. The number of hydrogen-bond donors (Lipinski definition) is 2. The first-order chi connectivity index (χ1) is 7.36. The number of nitrogens with one attached hydrogen (secondary N) is 2. The van der Waals surface area contributed by atoms with Crippen LogP contribution in [0.3, 0.4) is 0 Å². The molecule has 3 rings (SSSR count). The molecule has 92 valence electrons. The van der Waals surface area contributed by atoms with Gasteiger partial charge in [0.15, 0.2) is 0 Å². The van der Waals surface area contributed by atoms with E-state index >= 15 is 0 Å². The number of hydrogen-bond acceptors (Lipinski definition) is 2. The third kappa shape index (κ3) is 2.21. The number of carbonyl (C=O) groups is 1. The molecular formula is C12H21ClN2O. The van der Waals surface area contributed by atoms with Gasteiger partial charge >= 0.3 is 0 Å². The Kier molecular flexibility index (Phi) is 3.75. The van der Waals surface area contributed by atoms with Crippen LogP contribution in [0.4, 0.5) is 0 Å². The molecule has 2 saturated carbocycles. The van der Waals surface area contributed by atoms with Crippen molar-refractivity contribution in [3.8, 4) is 0 Å². The molecule has 3 fully saturated rings. The largest absolute Gasteiger partial charge is 0.352 e. The molecule has 1 heterocycles. The van der Waals surface area contributed by atoms with Gasteiger partial charge in [0.05, 0.1) is 0 Å². The van der Waals surface area contributed by atoms with E-state index in [0.29, 0.717) is 17.9 Å². The first-order valence-electron chi connectivity index (χ1n) is 6.37. The maximum Gasteiger partial charge on any atom is 0.223 e. The Bertz CT molecular complexity index is 256. The van der Waals surface area contributed by atoms with Crippen molar-refractivity contribution in [2.45, 2.75) is 38.1 Å². The number of fused-ring (bicyclic) bond motifs is 1. The fourth-order valence-corrected chi connectivity index (χ4v) is 3.48. The fourth-order valence-electron chi connectivity index (χ4n) is 3.48. The van der Waals surface area contributed by atoms with E-state index in [-0.39, 0.29) is 12.4 Å². The van der Waals surface area contributed by atoms with E-state index in [1.807, 2.05) is 0 Å². The van der Waals surface area contributed by atoms with Crippen LogP contribution in [0, 0.1) is 17.8 Å². The quantitative estimate of drug-likeness (QED) is 0.770. The van der Waals surface area contributed by atoms with Crippen molar-refractivity contribution in [1.82, 2.24) is 10.6 Å². The van der Waals surface area contributed by atoms with Crippen LogP contribution in [0.2, 0.25) is 0 Å². The van der Waals surface area contributed by atoms with E-state index < -0.39 is 0 Å². The second-order valence-corrected chi connectivity index (χ2v) is 5.34. The summed E-state index contributed by atoms with van der Waals surface area (Å²) in [6.07, 6.45) is 6.30. The SMILES string of the molecule is Cl.O=C(N[C@@H]1CCCNC1)C1C2CCCC21. The molecule has 1 saturated heterocycles. The molecule has 3 nitrogen and oxygen atoms in total. The number of piperidine rings is 1. The lowest BCUT2D eigenvalue weighted by Crippen LogP contribution is -2.46. The zero-order chi connectivity index (χ0) is 10.3. The van der Waals surface area contributed by atoms with Crippen molar-refractivity contribution in [2.24, 2.45) is 17.8 Å². The Morgan fingerprint density at radius 1 is 1.12 bits per heavy atom. The molecule has 0 radical (unpaired) electrons. The number of halogens is 1. The average Bonchev–Trinajstić information content (AvgIpc) is 2.75. The Morgan fingerprint density at radius 3 is 2.50 bits per heavy atom. The Labute approximate surface area is 103 Å². The predicted molar refractivity (Wildman–Crippen MR) is 65.6 cm³/mol. The highest BCUT2D eigenvalue weighted by molar-refractivity contribution is 5.85. The molecule has 0 bridgehead atoms. The molecule has 1 aliphatic heterocycles. The minimum absolute atomic E-state index is 0. The summed E-state index contributed by atoms with van der Waals surface area (Å²) in [4.78, 5) is 11.9. The van der Waals surface area contributed by atoms with Crippen LogP contribution in [0.25, 0.3) is 0 Å². The average molecular weight is 245 g/mol. The van der Waals surface area contributed by atoms with E-state index in [9.17, 15) is 4.79 Å². The summed E-state index contributed by atoms with van der Waals surface area (Å²) >= 11 is 0. The van der Waals surface area contributed by atoms with Crippen molar-refractivity contribution >= 4 is 18.3 Å². The number of rotatable bonds is 2. The van der Waals surface area contributed by atoms with E-state index in [2.05, 4.69) is 10.6 Å². The first-order valence-corrected chi connectivity index (χ1v) is 6.37. The second kappa shape index (κ2) is 4.92. The van der Waals surface area contributed by atoms with Crippen LogP contribution in [-0.4, -0.2) is 25.0 Å². The molecule has 0 aromatic carbocycles. The number of carbonyl (C=O) groups excluding carboxylic acids is 1. The monoisotopic (exact) mass is 244 g/mol. The van der Waals surface area contributed by atoms with Crippen LogP contribution in [-0.2, 0) is 4.79 Å². The maximum absolute atomic E-state index is 11.9. The minimum Gasteiger partial charge on any atom is -0.352 e. The van der Waals surface area contributed by atoms with Crippen molar-refractivity contribution in [3.63, 3.8) is 0 Å². The Morgan fingerprint density at radius 2 is 1.88 bits per heavy atom. The topological polar surface area (TPSA) is 41.1 Å². The lowest BCUT2D eigenvalue weighted by atomic mass is 10.1. The smallest absolute Gasteiger partial charge is 0.223 e. The van der Waals surface area contributed by atoms with Crippen LogP contribution < -0.4 is 10.6 Å². The summed E-state index contributed by atoms with van der Waals surface area (Å²) in [6.45, 7) is 2.08. The predicted octanol–water partition coefficient (Wildman–Crippen LogP) is 1.32. The molecule has 2 unspecified atom stereocenters. The van der Waals surface area contributed by atoms with E-state index in [4.69, 9.17) is 0 Å². The van der Waals surface area contributed by atoms with E-state index in [1.54, 1.807) is 0 Å². The molecule has 4 heteroatoms. The van der Waals surface area contributed by atoms with Gasteiger partial charge in [-0.2, -0.15) is 0 Å². The van der Waals surface area contributed by atoms with Gasteiger partial charge in [-0.15, -0.1) is 12.4 Å². The van der Waals surface area contributed by atoms with Crippen molar-refractivity contribution in [2.75, 3.05) is 13.1 Å². The van der Waals surface area contributed by atoms with E-state index in [1.165, 1.54) is 25.7 Å². The number of amides is 1. The van der Waals surface area contributed by atoms with Gasteiger partial charge in [0.1, 0.15) is 0 Å². The molecule has 0 aromatic heterocycles. The standard InChI is InChI=1S/C12H20N2O.ClH/c15-12(11-9-4-1-5-10(9)11)14-8-3-2-6-13-7-8;/h8-11,13H,1-7H2,(H,14,15);1H/t8-,9?,10?,11?;/m1./s1. The third-order valence-corrected chi connectivity index (χ3v) is 4.35. The molecule has 3 aliphatic rings. The highest BCUT2D eigenvalue weighted by Gasteiger charge is 2.56. The van der Waals surface area contributed by atoms with Crippen molar-refractivity contribution in [1.29, 1.82) is 0 Å². The zero-order valence-corrected chi connectivity index (χ0v) is 10.4. The molecule has 0 spiro atoms. The minimum atomic E-state index is 0. The van der Waals surface area contributed by atoms with Crippen molar-refractivity contribution in [3.05, 3.63) is 0 Å². The molecule has 0 aromatic rings. The Hall–Kier alpha value is -0.280. The molecule has 16 heavy (non-hydrogen) atoms. The van der Waals surface area contributed by atoms with Gasteiger partial charge in [-0.3, -0.25) is 4.79 Å². The van der Waals surface area contributed by atoms with Gasteiger partial charge < -0.3 is 10.6 Å². The second-order valence-electron chi connectivity index (χ2n) is 5.34. The van der Waals surface area contributed by atoms with Crippen LogP contribution in [0.15, 0.2) is 0 Å². The summed E-state index contributed by atoms with van der Waals surface area (Å²) in [7, 11) is 0. The summed E-state index contributed by atoms with van der Waals surface area (Å²) < 4.78 is 0. The van der Waals surface area contributed by atoms with Gasteiger partial charge in [0.2, 0.25) is 5.91 Å². The highest BCUT2D eigenvalue weighted by Crippen LogP contribution is 2.57. The molecule has 2 aliphatic carbocycles. The van der Waals surface area contributed by atoms with Crippen LogP contribution in [0.5, 0.6) is 0 Å². The fraction of sp³-hybridized carbons (Fsp3) is 0.917. The van der Waals surface area contributed by atoms with Crippen LogP contribution >= 0.6 is 12.4 Å². The summed E-state index contributed by atoms with van der Waals surface area (Å²) in [6, 6.07) is 0.396. The van der Waals surface area contributed by atoms with E-state index in [0.717, 1.165) is 31.3 Å². The van der Waals surface area contributed by atoms with Crippen molar-refractivity contribution < 1.29 is 4.79 Å². The van der Waals surface area contributed by atoms with Crippen LogP contribution in [0.1, 0.15) is 32.1 Å². The van der Waals surface area contributed by atoms with Gasteiger partial charge in [-0.25, -0.2) is 0 Å². The summed E-state index contributed by atoms with van der Waals surface area (Å²) in [5, 5.41) is 6.54. The molecule has 2 N–H and O–H groups in total. The lowest BCUT2D eigenvalue weighted by Gasteiger charge is -2.24. The molecule has 1 amide bonds. The summed E-state index contributed by atoms with van der Waals surface area (Å²) in [5.41, 5.74) is 0. The van der Waals surface area contributed by atoms with Gasteiger partial charge in [0, 0.05) is 18.5 Å². The lowest BCUT2D eigenvalue weighted by molar-refractivity contribution is -0.123. The van der Waals surface area contributed by atoms with Gasteiger partial charge in [-0.1, -0.05) is 6.42 Å². The third-order valence-electron chi connectivity index (χ3n) is 4.35. The zero-order valence-electron chi connectivity index (χ0n) is 9.58. The Balaban J connectivity index is 0.000000963. The first kappa shape index (κ1) is 12.2. The maximum atomic E-state index is 11.9. The molecule has 3 atom stereocenters. The van der Waals surface area contributed by atoms with Gasteiger partial charge in [0.25, 0.3) is 0 Å². The highest BCUT2D eigenvalue weighted by atomic mass is 35.5. The van der Waals surface area contributed by atoms with Gasteiger partial charge in [-0.05, 0) is 44.1 Å². The molecular weight excluding hydrogens is 224 g/mol. The normalized spacial score (nSPS) is 40.8.